The van der Waals surface area contributed by atoms with Crippen LogP contribution in [-0.2, 0) is 0 Å². The van der Waals surface area contributed by atoms with Crippen LogP contribution in [0.3, 0.4) is 0 Å². The molecule has 100 valence electrons. The van der Waals surface area contributed by atoms with E-state index in [0.717, 1.165) is 18.9 Å². The molecule has 0 saturated heterocycles. The van der Waals surface area contributed by atoms with Crippen LogP contribution < -0.4 is 0 Å². The summed E-state index contributed by atoms with van der Waals surface area (Å²) in [6.07, 6.45) is 4.25. The number of halogens is 5. The number of hydrogen-bond acceptors (Lipinski definition) is 0. The minimum absolute atomic E-state index is 0.272. The Kier molecular flexibility index (Phi) is 1.96. The van der Waals surface area contributed by atoms with Crippen LogP contribution in [0, 0.1) is 10.8 Å². The van der Waals surface area contributed by atoms with E-state index in [1.807, 2.05) is 6.92 Å². The lowest BCUT2D eigenvalue weighted by Gasteiger charge is -2.47. The van der Waals surface area contributed by atoms with E-state index >= 15 is 0 Å². The Hall–Kier alpha value is -0.520. The highest BCUT2D eigenvalue weighted by Gasteiger charge is 2.68. The first-order chi connectivity index (χ1) is 7.26. The van der Waals surface area contributed by atoms with Gasteiger partial charge in [0.2, 0.25) is 0 Å². The van der Waals surface area contributed by atoms with E-state index in [4.69, 9.17) is 0 Å². The van der Waals surface area contributed by atoms with Crippen LogP contribution in [0.15, 0.2) is 23.1 Å². The Morgan fingerprint density at radius 3 is 2.00 bits per heavy atom. The molecule has 0 nitrogen and oxygen atoms in total. The van der Waals surface area contributed by atoms with Crippen LogP contribution in [0.1, 0.15) is 33.1 Å². The van der Waals surface area contributed by atoms with Crippen molar-refractivity contribution in [2.45, 2.75) is 33.1 Å². The molecule has 6 heteroatoms. The van der Waals surface area contributed by atoms with Crippen molar-refractivity contribution in [3.8, 4) is 0 Å². The summed E-state index contributed by atoms with van der Waals surface area (Å²) in [5.74, 6) is 0. The van der Waals surface area contributed by atoms with Crippen molar-refractivity contribution in [1.29, 1.82) is 0 Å². The van der Waals surface area contributed by atoms with Crippen LogP contribution in [-0.4, -0.2) is 0 Å². The van der Waals surface area contributed by atoms with Gasteiger partial charge in [-0.15, -0.1) is 0 Å². The van der Waals surface area contributed by atoms with Crippen molar-refractivity contribution >= 4 is 10.2 Å². The second-order valence-electron chi connectivity index (χ2n) is 5.62. The largest absolute Gasteiger partial charge is 0.307 e. The quantitative estimate of drug-likeness (QED) is 0.547. The van der Waals surface area contributed by atoms with Crippen molar-refractivity contribution in [2.24, 2.45) is 10.8 Å². The van der Waals surface area contributed by atoms with Gasteiger partial charge in [0.1, 0.15) is 0 Å². The molecule has 0 bridgehead atoms. The number of hydrogen-bond donors (Lipinski definition) is 0. The maximum atomic E-state index is 12.8. The summed E-state index contributed by atoms with van der Waals surface area (Å²) in [7, 11) is -9.49. The van der Waals surface area contributed by atoms with Crippen molar-refractivity contribution in [1.82, 2.24) is 0 Å². The molecule has 2 rings (SSSR count). The fourth-order valence-corrected chi connectivity index (χ4v) is 3.19. The van der Waals surface area contributed by atoms with Crippen molar-refractivity contribution < 1.29 is 19.4 Å². The third kappa shape index (κ3) is 2.23. The number of allylic oxidation sites excluding steroid dienone is 4. The highest BCUT2D eigenvalue weighted by atomic mass is 32.5. The van der Waals surface area contributed by atoms with Crippen molar-refractivity contribution in [3.05, 3.63) is 23.1 Å². The first-order valence-corrected chi connectivity index (χ1v) is 7.34. The maximum absolute atomic E-state index is 12.8. The van der Waals surface area contributed by atoms with Gasteiger partial charge in [-0.25, -0.2) is 0 Å². The molecular formula is C11H15F5S. The predicted molar refractivity (Wildman–Crippen MR) is 60.4 cm³/mol. The van der Waals surface area contributed by atoms with Gasteiger partial charge in [-0.05, 0) is 36.2 Å². The molecule has 0 amide bonds. The zero-order chi connectivity index (χ0) is 13.2. The molecule has 0 spiro atoms. The SMILES string of the molecule is CC1(C2(C)CC2)C=CC=C(S(F)(F)(F)(F)F)C1. The molecule has 2 aliphatic rings. The topological polar surface area (TPSA) is 0 Å². The highest BCUT2D eigenvalue weighted by molar-refractivity contribution is 8.48. The fraction of sp³-hybridized carbons (Fsp3) is 0.636. The lowest BCUT2D eigenvalue weighted by Crippen LogP contribution is -2.29. The van der Waals surface area contributed by atoms with Gasteiger partial charge in [-0.2, -0.15) is 0 Å². The first kappa shape index (κ1) is 12.9. The molecule has 0 N–H and O–H groups in total. The van der Waals surface area contributed by atoms with Gasteiger partial charge in [0.05, 0.1) is 4.91 Å². The minimum atomic E-state index is -9.49. The summed E-state index contributed by atoms with van der Waals surface area (Å²) in [5, 5.41) is 0. The molecule has 0 heterocycles. The fourth-order valence-electron chi connectivity index (χ4n) is 2.29. The van der Waals surface area contributed by atoms with Gasteiger partial charge >= 0.3 is 10.2 Å². The van der Waals surface area contributed by atoms with Crippen molar-refractivity contribution in [3.63, 3.8) is 0 Å². The Morgan fingerprint density at radius 2 is 1.59 bits per heavy atom. The zero-order valence-electron chi connectivity index (χ0n) is 9.65. The van der Waals surface area contributed by atoms with Gasteiger partial charge in [-0.3, -0.25) is 0 Å². The second-order valence-corrected chi connectivity index (χ2v) is 8.08. The van der Waals surface area contributed by atoms with E-state index in [9.17, 15) is 19.4 Å². The summed E-state index contributed by atoms with van der Waals surface area (Å²) in [6.45, 7) is 3.48. The molecular weight excluding hydrogens is 259 g/mol. The second kappa shape index (κ2) is 2.58. The molecule has 1 atom stereocenters. The summed E-state index contributed by atoms with van der Waals surface area (Å²) in [4.78, 5) is -1.64. The molecule has 0 aromatic rings. The standard InChI is InChI=1S/C11H15F5S/c1-10(6-7-10)11(2)5-3-4-9(8-11)17(12,13,14,15)16/h3-5H,6-8H2,1-2H3. The lowest BCUT2D eigenvalue weighted by atomic mass is 9.71. The third-order valence-electron chi connectivity index (χ3n) is 4.16. The molecule has 0 aromatic carbocycles. The van der Waals surface area contributed by atoms with Gasteiger partial charge in [-0.1, -0.05) is 45.4 Å². The summed E-state index contributed by atoms with van der Waals surface area (Å²) in [6, 6.07) is 0. The van der Waals surface area contributed by atoms with Crippen LogP contribution in [0.4, 0.5) is 19.4 Å². The predicted octanol–water partition coefficient (Wildman–Crippen LogP) is 5.94. The van der Waals surface area contributed by atoms with E-state index in [2.05, 4.69) is 0 Å². The molecule has 2 aliphatic carbocycles. The van der Waals surface area contributed by atoms with Gasteiger partial charge in [0, 0.05) is 0 Å². The van der Waals surface area contributed by atoms with Crippen LogP contribution >= 0.6 is 10.2 Å². The van der Waals surface area contributed by atoms with Crippen LogP contribution in [0.25, 0.3) is 0 Å². The highest BCUT2D eigenvalue weighted by Crippen LogP contribution is 3.03. The van der Waals surface area contributed by atoms with E-state index in [0.29, 0.717) is 6.08 Å². The van der Waals surface area contributed by atoms with Gasteiger partial charge < -0.3 is 0 Å². The number of rotatable bonds is 2. The smallest absolute Gasteiger partial charge is 0.0939 e. The summed E-state index contributed by atoms with van der Waals surface area (Å²) in [5.41, 5.74) is -1.08. The molecule has 0 aliphatic heterocycles. The van der Waals surface area contributed by atoms with Crippen LogP contribution in [0.2, 0.25) is 0 Å². The molecule has 0 aromatic heterocycles. The monoisotopic (exact) mass is 274 g/mol. The maximum Gasteiger partial charge on any atom is 0.307 e. The zero-order valence-corrected chi connectivity index (χ0v) is 10.5. The minimum Gasteiger partial charge on any atom is -0.0939 e. The summed E-state index contributed by atoms with van der Waals surface area (Å²) < 4.78 is 63.8. The first-order valence-electron chi connectivity index (χ1n) is 5.38. The average molecular weight is 274 g/mol. The van der Waals surface area contributed by atoms with Gasteiger partial charge in [0.15, 0.2) is 0 Å². The van der Waals surface area contributed by atoms with E-state index in [-0.39, 0.29) is 5.41 Å². The Labute approximate surface area is 97.3 Å². The van der Waals surface area contributed by atoms with Crippen molar-refractivity contribution in [2.75, 3.05) is 0 Å². The summed E-state index contributed by atoms with van der Waals surface area (Å²) >= 11 is 0. The molecule has 1 fully saturated rings. The molecule has 0 radical (unpaired) electrons. The molecule has 17 heavy (non-hydrogen) atoms. The van der Waals surface area contributed by atoms with E-state index < -0.39 is 27.0 Å². The van der Waals surface area contributed by atoms with E-state index in [1.165, 1.54) is 0 Å². The molecule has 1 saturated carbocycles. The van der Waals surface area contributed by atoms with Gasteiger partial charge in [0.25, 0.3) is 0 Å². The average Bonchev–Trinajstić information content (AvgIpc) is 2.81. The van der Waals surface area contributed by atoms with E-state index in [1.54, 1.807) is 13.0 Å². The third-order valence-corrected chi connectivity index (χ3v) is 5.43. The molecule has 1 unspecified atom stereocenters. The normalized spacial score (nSPS) is 35.8. The van der Waals surface area contributed by atoms with Crippen LogP contribution in [0.5, 0.6) is 0 Å². The Balaban J connectivity index is 2.38. The Morgan fingerprint density at radius 1 is 1.06 bits per heavy atom. The lowest BCUT2D eigenvalue weighted by molar-refractivity contribution is 0.243. The Bertz CT molecular complexity index is 426.